The van der Waals surface area contributed by atoms with Crippen LogP contribution in [0.1, 0.15) is 58.8 Å². The van der Waals surface area contributed by atoms with Crippen molar-refractivity contribution in [3.63, 3.8) is 0 Å². The van der Waals surface area contributed by atoms with Gasteiger partial charge in [-0.1, -0.05) is 13.8 Å². The first-order valence-electron chi connectivity index (χ1n) is 11.6. The van der Waals surface area contributed by atoms with Crippen LogP contribution in [0.2, 0.25) is 0 Å². The summed E-state index contributed by atoms with van der Waals surface area (Å²) >= 11 is 0. The monoisotopic (exact) mass is 404 g/mol. The van der Waals surface area contributed by atoms with Gasteiger partial charge in [0.05, 0.1) is 32.5 Å². The van der Waals surface area contributed by atoms with E-state index in [1.54, 1.807) is 0 Å². The van der Waals surface area contributed by atoms with Crippen molar-refractivity contribution in [2.24, 2.45) is 28.6 Å². The van der Waals surface area contributed by atoms with Crippen LogP contribution in [0.15, 0.2) is 0 Å². The quantitative estimate of drug-likeness (QED) is 0.579. The first kappa shape index (κ1) is 18.1. The summed E-state index contributed by atoms with van der Waals surface area (Å²) in [5.41, 5.74) is -0.565. The molecule has 7 aliphatic rings. The van der Waals surface area contributed by atoms with Crippen molar-refractivity contribution in [2.75, 3.05) is 26.4 Å². The number of ether oxygens (including phenoxy) is 5. The Morgan fingerprint density at radius 2 is 1.62 bits per heavy atom. The normalized spacial score (nSPS) is 56.1. The van der Waals surface area contributed by atoms with Crippen molar-refractivity contribution in [3.05, 3.63) is 0 Å². The molecular formula is C23H32O6. The summed E-state index contributed by atoms with van der Waals surface area (Å²) < 4.78 is 31.0. The Morgan fingerprint density at radius 3 is 2.38 bits per heavy atom. The highest BCUT2D eigenvalue weighted by Crippen LogP contribution is 2.75. The van der Waals surface area contributed by atoms with Gasteiger partial charge in [0, 0.05) is 42.4 Å². The van der Waals surface area contributed by atoms with Crippen LogP contribution in [0.5, 0.6) is 0 Å². The molecule has 6 heteroatoms. The first-order chi connectivity index (χ1) is 13.9. The van der Waals surface area contributed by atoms with E-state index in [9.17, 15) is 4.79 Å². The highest BCUT2D eigenvalue weighted by molar-refractivity contribution is 5.85. The van der Waals surface area contributed by atoms with Crippen LogP contribution < -0.4 is 0 Å². The van der Waals surface area contributed by atoms with Gasteiger partial charge in [0.2, 0.25) is 0 Å². The number of epoxide rings is 1. The van der Waals surface area contributed by atoms with Crippen LogP contribution in [0.3, 0.4) is 0 Å². The summed E-state index contributed by atoms with van der Waals surface area (Å²) in [5, 5.41) is 0. The van der Waals surface area contributed by atoms with Crippen molar-refractivity contribution in [1.29, 1.82) is 0 Å². The molecule has 3 heterocycles. The number of fused-ring (bicyclic) bond motifs is 5. The number of Topliss-reactive ketones (excluding diaryl/α,β-unsaturated/α-hetero) is 1. The fourth-order valence-corrected chi connectivity index (χ4v) is 9.06. The molecule has 3 aliphatic heterocycles. The first-order valence-corrected chi connectivity index (χ1v) is 11.6. The molecule has 7 atom stereocenters. The molecule has 7 rings (SSSR count). The number of carbonyl (C=O) groups is 1. The molecule has 6 nitrogen and oxygen atoms in total. The Morgan fingerprint density at radius 1 is 0.897 bits per heavy atom. The van der Waals surface area contributed by atoms with Gasteiger partial charge in [-0.3, -0.25) is 4.79 Å². The lowest BCUT2D eigenvalue weighted by atomic mass is 9.44. The summed E-state index contributed by atoms with van der Waals surface area (Å²) in [5.74, 6) is 0.316. The topological polar surface area (TPSA) is 66.5 Å². The van der Waals surface area contributed by atoms with E-state index in [-0.39, 0.29) is 28.5 Å². The van der Waals surface area contributed by atoms with E-state index in [1.165, 1.54) is 0 Å². The highest BCUT2D eigenvalue weighted by atomic mass is 16.7. The van der Waals surface area contributed by atoms with Crippen molar-refractivity contribution in [1.82, 2.24) is 0 Å². The summed E-state index contributed by atoms with van der Waals surface area (Å²) in [6.45, 7) is 7.24. The fraction of sp³-hybridized carbons (Fsp3) is 0.957. The number of hydrogen-bond donors (Lipinski definition) is 0. The predicted octanol–water partition coefficient (Wildman–Crippen LogP) is 2.83. The second-order valence-corrected chi connectivity index (χ2v) is 11.2. The third-order valence-corrected chi connectivity index (χ3v) is 10.4. The molecule has 7 fully saturated rings. The van der Waals surface area contributed by atoms with Gasteiger partial charge in [-0.2, -0.15) is 0 Å². The number of hydrogen-bond acceptors (Lipinski definition) is 6. The standard InChI is InChI=1S/C23H32O6/c1-19-5-6-21(25-7-8-26-21)13-22(19)17(29-22)11-14-15-3-4-23(27-9-10-28-23)20(15,2)12-16(24)18(14)19/h14-15,17-18H,3-13H2,1-2H3. The minimum atomic E-state index is -0.541. The van der Waals surface area contributed by atoms with Gasteiger partial charge in [0.15, 0.2) is 11.6 Å². The molecule has 29 heavy (non-hydrogen) atoms. The summed E-state index contributed by atoms with van der Waals surface area (Å²) in [6.07, 6.45) is 6.41. The zero-order chi connectivity index (χ0) is 19.7. The van der Waals surface area contributed by atoms with E-state index in [2.05, 4.69) is 13.8 Å². The van der Waals surface area contributed by atoms with E-state index in [4.69, 9.17) is 23.7 Å². The maximum atomic E-state index is 13.8. The largest absolute Gasteiger partial charge is 0.365 e. The Hall–Kier alpha value is -0.530. The molecule has 4 aliphatic carbocycles. The Bertz CT molecular complexity index is 769. The van der Waals surface area contributed by atoms with E-state index in [0.29, 0.717) is 50.5 Å². The Balaban J connectivity index is 1.26. The maximum absolute atomic E-state index is 13.8. The molecule has 0 N–H and O–H groups in total. The van der Waals surface area contributed by atoms with Crippen molar-refractivity contribution >= 4 is 5.78 Å². The van der Waals surface area contributed by atoms with Gasteiger partial charge in [0.25, 0.3) is 0 Å². The number of ketones is 1. The van der Waals surface area contributed by atoms with Gasteiger partial charge >= 0.3 is 0 Å². The fourth-order valence-electron chi connectivity index (χ4n) is 9.06. The molecule has 0 aromatic heterocycles. The SMILES string of the molecule is CC12CC(=O)C3C(CC4OC45CC4(CCC35C)OCCO4)C1CCC21OCCO1. The molecule has 3 spiro atoms. The molecule has 4 saturated carbocycles. The van der Waals surface area contributed by atoms with Crippen LogP contribution in [0, 0.1) is 28.6 Å². The molecular weight excluding hydrogens is 372 g/mol. The molecule has 0 radical (unpaired) electrons. The second-order valence-electron chi connectivity index (χ2n) is 11.2. The highest BCUT2D eigenvalue weighted by Gasteiger charge is 2.80. The lowest BCUT2D eigenvalue weighted by Gasteiger charge is -2.59. The molecule has 3 saturated heterocycles. The third kappa shape index (κ3) is 1.91. The molecule has 7 unspecified atom stereocenters. The van der Waals surface area contributed by atoms with Crippen LogP contribution in [0.4, 0.5) is 0 Å². The molecule has 0 bridgehead atoms. The van der Waals surface area contributed by atoms with E-state index in [1.807, 2.05) is 0 Å². The molecule has 160 valence electrons. The molecule has 0 aromatic rings. The van der Waals surface area contributed by atoms with Crippen molar-refractivity contribution in [2.45, 2.75) is 82.1 Å². The Labute approximate surface area is 171 Å². The van der Waals surface area contributed by atoms with Crippen molar-refractivity contribution < 1.29 is 28.5 Å². The predicted molar refractivity (Wildman–Crippen MR) is 101 cm³/mol. The van der Waals surface area contributed by atoms with E-state index in [0.717, 1.165) is 38.5 Å². The van der Waals surface area contributed by atoms with Gasteiger partial charge in [0.1, 0.15) is 11.4 Å². The minimum Gasteiger partial charge on any atom is -0.365 e. The minimum absolute atomic E-state index is 0.0784. The average molecular weight is 405 g/mol. The zero-order valence-corrected chi connectivity index (χ0v) is 17.5. The van der Waals surface area contributed by atoms with Gasteiger partial charge < -0.3 is 23.7 Å². The van der Waals surface area contributed by atoms with Crippen LogP contribution >= 0.6 is 0 Å². The van der Waals surface area contributed by atoms with Crippen LogP contribution in [-0.2, 0) is 28.5 Å². The lowest BCUT2D eigenvalue weighted by Crippen LogP contribution is -2.64. The average Bonchev–Trinajstić information content (AvgIpc) is 3.06. The molecule has 0 aromatic carbocycles. The van der Waals surface area contributed by atoms with Crippen LogP contribution in [0.25, 0.3) is 0 Å². The zero-order valence-electron chi connectivity index (χ0n) is 17.5. The van der Waals surface area contributed by atoms with E-state index >= 15 is 0 Å². The summed E-state index contributed by atoms with van der Waals surface area (Å²) in [7, 11) is 0. The summed E-state index contributed by atoms with van der Waals surface area (Å²) in [6, 6.07) is 0. The van der Waals surface area contributed by atoms with Gasteiger partial charge in [-0.25, -0.2) is 0 Å². The van der Waals surface area contributed by atoms with E-state index < -0.39 is 11.6 Å². The smallest absolute Gasteiger partial charge is 0.174 e. The van der Waals surface area contributed by atoms with Crippen molar-refractivity contribution in [3.8, 4) is 0 Å². The molecule has 0 amide bonds. The van der Waals surface area contributed by atoms with Gasteiger partial charge in [-0.05, 0) is 31.1 Å². The second kappa shape index (κ2) is 5.26. The summed E-state index contributed by atoms with van der Waals surface area (Å²) in [4.78, 5) is 13.8. The number of rotatable bonds is 0. The number of carbonyl (C=O) groups excluding carboxylic acids is 1. The third-order valence-electron chi connectivity index (χ3n) is 10.4. The van der Waals surface area contributed by atoms with Crippen LogP contribution in [-0.4, -0.2) is 55.5 Å². The maximum Gasteiger partial charge on any atom is 0.174 e. The Kier molecular flexibility index (Phi) is 3.28. The van der Waals surface area contributed by atoms with Gasteiger partial charge in [-0.15, -0.1) is 0 Å². The lowest BCUT2D eigenvalue weighted by molar-refractivity contribution is -0.248.